The second-order valence-electron chi connectivity index (χ2n) is 4.23. The number of aromatic nitrogens is 4. The van der Waals surface area contributed by atoms with Crippen molar-refractivity contribution in [2.45, 2.75) is 25.9 Å². The second-order valence-corrected chi connectivity index (χ2v) is 4.23. The largest absolute Gasteiger partial charge is 0.388 e. The Bertz CT molecular complexity index is 500. The van der Waals surface area contributed by atoms with Crippen molar-refractivity contribution in [1.29, 1.82) is 0 Å². The molecule has 0 bridgehead atoms. The van der Waals surface area contributed by atoms with Crippen molar-refractivity contribution in [2.75, 3.05) is 0 Å². The highest BCUT2D eigenvalue weighted by molar-refractivity contribution is 5.21. The number of hydrogen-bond acceptors (Lipinski definition) is 3. The highest BCUT2D eigenvalue weighted by Crippen LogP contribution is 2.20. The molecule has 92 valence electrons. The van der Waals surface area contributed by atoms with Gasteiger partial charge in [-0.15, -0.1) is 0 Å². The summed E-state index contributed by atoms with van der Waals surface area (Å²) in [5.74, 6) is 0.878. The van der Waals surface area contributed by atoms with Gasteiger partial charge >= 0.3 is 0 Å². The SMILES string of the molecule is CCc1nn(C)cc1C(O)Cc1nccn1C. The van der Waals surface area contributed by atoms with Crippen molar-refractivity contribution in [3.8, 4) is 0 Å². The number of aliphatic hydroxyl groups excluding tert-OH is 1. The summed E-state index contributed by atoms with van der Waals surface area (Å²) in [5, 5.41) is 14.6. The molecule has 0 radical (unpaired) electrons. The van der Waals surface area contributed by atoms with Gasteiger partial charge < -0.3 is 9.67 Å². The molecule has 1 N–H and O–H groups in total. The first-order valence-electron chi connectivity index (χ1n) is 5.78. The molecular weight excluding hydrogens is 216 g/mol. The van der Waals surface area contributed by atoms with E-state index in [4.69, 9.17) is 0 Å². The van der Waals surface area contributed by atoms with Crippen molar-refractivity contribution < 1.29 is 5.11 Å². The van der Waals surface area contributed by atoms with E-state index in [1.165, 1.54) is 0 Å². The van der Waals surface area contributed by atoms with Gasteiger partial charge in [-0.25, -0.2) is 4.98 Å². The smallest absolute Gasteiger partial charge is 0.111 e. The van der Waals surface area contributed by atoms with Crippen LogP contribution in [0.15, 0.2) is 18.6 Å². The third kappa shape index (κ3) is 2.39. The fraction of sp³-hybridized carbons (Fsp3) is 0.500. The van der Waals surface area contributed by atoms with E-state index in [0.29, 0.717) is 6.42 Å². The minimum absolute atomic E-state index is 0.516. The molecule has 0 aliphatic carbocycles. The number of hydrogen-bond donors (Lipinski definition) is 1. The Morgan fingerprint density at radius 3 is 2.76 bits per heavy atom. The number of rotatable bonds is 4. The Morgan fingerprint density at radius 2 is 2.18 bits per heavy atom. The van der Waals surface area contributed by atoms with Crippen LogP contribution in [0.5, 0.6) is 0 Å². The number of aliphatic hydroxyl groups is 1. The van der Waals surface area contributed by atoms with Gasteiger partial charge in [0.25, 0.3) is 0 Å². The fourth-order valence-electron chi connectivity index (χ4n) is 1.98. The monoisotopic (exact) mass is 234 g/mol. The van der Waals surface area contributed by atoms with Gasteiger partial charge in [0.2, 0.25) is 0 Å². The second kappa shape index (κ2) is 4.71. The molecule has 0 aliphatic heterocycles. The summed E-state index contributed by atoms with van der Waals surface area (Å²) >= 11 is 0. The number of aryl methyl sites for hydroxylation is 3. The summed E-state index contributed by atoms with van der Waals surface area (Å²) in [7, 11) is 3.80. The molecule has 1 atom stereocenters. The van der Waals surface area contributed by atoms with Crippen LogP contribution in [0.25, 0.3) is 0 Å². The van der Waals surface area contributed by atoms with Crippen LogP contribution < -0.4 is 0 Å². The summed E-state index contributed by atoms with van der Waals surface area (Å²) in [6, 6.07) is 0. The first-order valence-corrected chi connectivity index (χ1v) is 5.78. The quantitative estimate of drug-likeness (QED) is 0.858. The maximum atomic E-state index is 10.2. The highest BCUT2D eigenvalue weighted by Gasteiger charge is 2.17. The van der Waals surface area contributed by atoms with Gasteiger partial charge in [0.05, 0.1) is 11.8 Å². The molecule has 0 spiro atoms. The van der Waals surface area contributed by atoms with Crippen LogP contribution in [0.3, 0.4) is 0 Å². The third-order valence-electron chi connectivity index (χ3n) is 2.93. The lowest BCUT2D eigenvalue weighted by molar-refractivity contribution is 0.174. The van der Waals surface area contributed by atoms with E-state index in [9.17, 15) is 5.11 Å². The van der Waals surface area contributed by atoms with Crippen LogP contribution in [0.2, 0.25) is 0 Å². The Labute approximate surface area is 101 Å². The van der Waals surface area contributed by atoms with E-state index in [1.807, 2.05) is 38.0 Å². The zero-order valence-electron chi connectivity index (χ0n) is 10.5. The van der Waals surface area contributed by atoms with Crippen LogP contribution in [-0.2, 0) is 26.9 Å². The molecule has 0 saturated carbocycles. The first kappa shape index (κ1) is 11.9. The van der Waals surface area contributed by atoms with Crippen LogP contribution in [-0.4, -0.2) is 24.4 Å². The highest BCUT2D eigenvalue weighted by atomic mass is 16.3. The number of imidazole rings is 1. The standard InChI is InChI=1S/C12H18N4O/c1-4-10-9(8-16(3)14-10)11(17)7-12-13-5-6-15(12)2/h5-6,8,11,17H,4,7H2,1-3H3. The Balaban J connectivity index is 2.19. The lowest BCUT2D eigenvalue weighted by Gasteiger charge is -2.09. The minimum Gasteiger partial charge on any atom is -0.388 e. The third-order valence-corrected chi connectivity index (χ3v) is 2.93. The molecule has 5 nitrogen and oxygen atoms in total. The molecule has 0 aliphatic rings. The molecule has 2 heterocycles. The molecule has 0 aromatic carbocycles. The predicted octanol–water partition coefficient (Wildman–Crippen LogP) is 0.992. The molecule has 0 saturated heterocycles. The molecule has 0 amide bonds. The molecule has 17 heavy (non-hydrogen) atoms. The van der Waals surface area contributed by atoms with Crippen LogP contribution in [0.1, 0.15) is 30.1 Å². The maximum absolute atomic E-state index is 10.2. The fourth-order valence-corrected chi connectivity index (χ4v) is 1.98. The first-order chi connectivity index (χ1) is 8.11. The summed E-state index contributed by atoms with van der Waals surface area (Å²) in [4.78, 5) is 4.22. The summed E-state index contributed by atoms with van der Waals surface area (Å²) in [5.41, 5.74) is 1.85. The van der Waals surface area contributed by atoms with E-state index in [1.54, 1.807) is 10.9 Å². The number of nitrogens with zero attached hydrogens (tertiary/aromatic N) is 4. The average molecular weight is 234 g/mol. The minimum atomic E-state index is -0.542. The van der Waals surface area contributed by atoms with Crippen LogP contribution >= 0.6 is 0 Å². The van der Waals surface area contributed by atoms with Crippen molar-refractivity contribution in [2.24, 2.45) is 14.1 Å². The van der Waals surface area contributed by atoms with Crippen molar-refractivity contribution in [3.63, 3.8) is 0 Å². The van der Waals surface area contributed by atoms with Gasteiger partial charge in [-0.2, -0.15) is 5.10 Å². The van der Waals surface area contributed by atoms with Crippen molar-refractivity contribution in [3.05, 3.63) is 35.7 Å². The Morgan fingerprint density at radius 1 is 1.41 bits per heavy atom. The summed E-state index contributed by atoms with van der Waals surface area (Å²) in [6.07, 6.45) is 6.31. The van der Waals surface area contributed by atoms with E-state index < -0.39 is 6.10 Å². The van der Waals surface area contributed by atoms with E-state index in [2.05, 4.69) is 10.1 Å². The van der Waals surface area contributed by atoms with Crippen molar-refractivity contribution in [1.82, 2.24) is 19.3 Å². The molecule has 2 rings (SSSR count). The normalized spacial score (nSPS) is 12.9. The zero-order valence-corrected chi connectivity index (χ0v) is 10.5. The average Bonchev–Trinajstić information content (AvgIpc) is 2.85. The topological polar surface area (TPSA) is 55.9 Å². The lowest BCUT2D eigenvalue weighted by Crippen LogP contribution is -2.07. The van der Waals surface area contributed by atoms with Gasteiger partial charge in [0, 0.05) is 44.7 Å². The molecule has 1 unspecified atom stereocenters. The molecule has 0 fully saturated rings. The lowest BCUT2D eigenvalue weighted by atomic mass is 10.1. The molecule has 5 heteroatoms. The van der Waals surface area contributed by atoms with Crippen LogP contribution in [0.4, 0.5) is 0 Å². The van der Waals surface area contributed by atoms with E-state index in [-0.39, 0.29) is 0 Å². The van der Waals surface area contributed by atoms with Crippen molar-refractivity contribution >= 4 is 0 Å². The molecule has 2 aromatic rings. The van der Waals surface area contributed by atoms with Gasteiger partial charge in [-0.05, 0) is 6.42 Å². The van der Waals surface area contributed by atoms with Crippen LogP contribution in [0, 0.1) is 0 Å². The summed E-state index contributed by atoms with van der Waals surface area (Å²) in [6.45, 7) is 2.04. The van der Waals surface area contributed by atoms with Gasteiger partial charge in [-0.3, -0.25) is 4.68 Å². The van der Waals surface area contributed by atoms with E-state index in [0.717, 1.165) is 23.5 Å². The predicted molar refractivity (Wildman–Crippen MR) is 64.5 cm³/mol. The van der Waals surface area contributed by atoms with E-state index >= 15 is 0 Å². The van der Waals surface area contributed by atoms with Gasteiger partial charge in [-0.1, -0.05) is 6.92 Å². The molecule has 2 aromatic heterocycles. The maximum Gasteiger partial charge on any atom is 0.111 e. The van der Waals surface area contributed by atoms with Gasteiger partial charge in [0.1, 0.15) is 5.82 Å². The Kier molecular flexibility index (Phi) is 3.28. The molecular formula is C12H18N4O. The zero-order chi connectivity index (χ0) is 12.4. The summed E-state index contributed by atoms with van der Waals surface area (Å²) < 4.78 is 3.67. The van der Waals surface area contributed by atoms with Gasteiger partial charge in [0.15, 0.2) is 0 Å². The Hall–Kier alpha value is -1.62.